The molecule has 1 aliphatic rings. The van der Waals surface area contributed by atoms with Gasteiger partial charge in [0.2, 0.25) is 6.41 Å². The fourth-order valence-electron chi connectivity index (χ4n) is 1.85. The maximum Gasteiger partial charge on any atom is 0.204 e. The minimum atomic E-state index is 0.250. The molecule has 0 bridgehead atoms. The van der Waals surface area contributed by atoms with Gasteiger partial charge in [-0.25, -0.2) is 0 Å². The van der Waals surface area contributed by atoms with Crippen LogP contribution in [-0.4, -0.2) is 6.41 Å². The summed E-state index contributed by atoms with van der Waals surface area (Å²) in [5.74, 6) is 2.61. The van der Waals surface area contributed by atoms with E-state index in [1.807, 2.05) is 30.3 Å². The summed E-state index contributed by atoms with van der Waals surface area (Å²) in [6.45, 7) is 0. The van der Waals surface area contributed by atoms with Crippen molar-refractivity contribution in [3.05, 3.63) is 60.2 Å². The lowest BCUT2D eigenvalue weighted by Gasteiger charge is -2.06. The number of primary amides is 1. The third kappa shape index (κ3) is 4.14. The molecule has 1 amide bonds. The van der Waals surface area contributed by atoms with Crippen molar-refractivity contribution in [2.75, 3.05) is 0 Å². The zero-order chi connectivity index (χ0) is 13.5. The lowest BCUT2D eigenvalue weighted by atomic mass is 10.1. The number of nitrogens with two attached hydrogens (primary N) is 1. The average molecular weight is 255 g/mol. The van der Waals surface area contributed by atoms with Gasteiger partial charge in [0, 0.05) is 0 Å². The largest absolute Gasteiger partial charge is 0.457 e. The molecule has 1 fully saturated rings. The quantitative estimate of drug-likeness (QED) is 0.854. The topological polar surface area (TPSA) is 52.3 Å². The third-order valence-electron chi connectivity index (χ3n) is 2.91. The molecule has 3 rings (SSSR count). The minimum absolute atomic E-state index is 0.250. The first-order valence-corrected chi connectivity index (χ1v) is 6.31. The van der Waals surface area contributed by atoms with Crippen LogP contribution in [0.4, 0.5) is 0 Å². The van der Waals surface area contributed by atoms with Crippen molar-refractivity contribution in [2.45, 2.75) is 18.8 Å². The molecule has 3 nitrogen and oxygen atoms in total. The molecular weight excluding hydrogens is 238 g/mol. The maximum absolute atomic E-state index is 8.58. The fraction of sp³-hybridized carbons (Fsp3) is 0.188. The summed E-state index contributed by atoms with van der Waals surface area (Å²) in [5, 5.41) is 0. The molecule has 0 aromatic heterocycles. The van der Waals surface area contributed by atoms with Crippen LogP contribution in [0.1, 0.15) is 24.3 Å². The smallest absolute Gasteiger partial charge is 0.204 e. The summed E-state index contributed by atoms with van der Waals surface area (Å²) in [5.41, 5.74) is 5.61. The second-order valence-electron chi connectivity index (χ2n) is 4.39. The van der Waals surface area contributed by atoms with Gasteiger partial charge in [-0.1, -0.05) is 30.3 Å². The van der Waals surface area contributed by atoms with Crippen LogP contribution in [0.5, 0.6) is 11.5 Å². The lowest BCUT2D eigenvalue weighted by molar-refractivity contribution is -0.106. The Morgan fingerprint density at radius 1 is 0.947 bits per heavy atom. The number of hydrogen-bond donors (Lipinski definition) is 1. The van der Waals surface area contributed by atoms with Crippen molar-refractivity contribution in [1.29, 1.82) is 0 Å². The van der Waals surface area contributed by atoms with Crippen LogP contribution in [-0.2, 0) is 4.79 Å². The SMILES string of the molecule is NC=O.c1ccc(Oc2ccc(C3CC3)cc2)cc1. The van der Waals surface area contributed by atoms with E-state index >= 15 is 0 Å². The van der Waals surface area contributed by atoms with Crippen LogP contribution >= 0.6 is 0 Å². The van der Waals surface area contributed by atoms with Crippen LogP contribution < -0.4 is 10.5 Å². The number of rotatable bonds is 3. The number of amides is 1. The highest BCUT2D eigenvalue weighted by Crippen LogP contribution is 2.40. The van der Waals surface area contributed by atoms with Crippen molar-refractivity contribution in [3.63, 3.8) is 0 Å². The fourth-order valence-corrected chi connectivity index (χ4v) is 1.85. The molecule has 19 heavy (non-hydrogen) atoms. The molecule has 0 spiro atoms. The minimum Gasteiger partial charge on any atom is -0.457 e. The summed E-state index contributed by atoms with van der Waals surface area (Å²) >= 11 is 0. The van der Waals surface area contributed by atoms with E-state index in [0.717, 1.165) is 17.4 Å². The van der Waals surface area contributed by atoms with E-state index < -0.39 is 0 Å². The molecule has 3 heteroatoms. The van der Waals surface area contributed by atoms with Crippen molar-refractivity contribution < 1.29 is 9.53 Å². The third-order valence-corrected chi connectivity index (χ3v) is 2.91. The van der Waals surface area contributed by atoms with E-state index in [1.54, 1.807) is 0 Å². The van der Waals surface area contributed by atoms with Gasteiger partial charge in [-0.15, -0.1) is 0 Å². The van der Waals surface area contributed by atoms with E-state index in [2.05, 4.69) is 30.0 Å². The van der Waals surface area contributed by atoms with E-state index in [1.165, 1.54) is 18.4 Å². The summed E-state index contributed by atoms with van der Waals surface area (Å²) in [6.07, 6.45) is 2.94. The average Bonchev–Trinajstić information content (AvgIpc) is 3.26. The van der Waals surface area contributed by atoms with Crippen molar-refractivity contribution >= 4 is 6.41 Å². The first-order chi connectivity index (χ1) is 9.33. The number of benzene rings is 2. The molecule has 1 saturated carbocycles. The predicted octanol–water partition coefficient (Wildman–Crippen LogP) is 3.46. The van der Waals surface area contributed by atoms with Gasteiger partial charge in [0.1, 0.15) is 11.5 Å². The number of carbonyl (C=O) groups excluding carboxylic acids is 1. The zero-order valence-corrected chi connectivity index (χ0v) is 10.7. The highest BCUT2D eigenvalue weighted by atomic mass is 16.5. The summed E-state index contributed by atoms with van der Waals surface area (Å²) in [7, 11) is 0. The first-order valence-electron chi connectivity index (χ1n) is 6.31. The van der Waals surface area contributed by atoms with E-state index in [9.17, 15) is 0 Å². The lowest BCUT2D eigenvalue weighted by Crippen LogP contribution is -1.84. The van der Waals surface area contributed by atoms with Crippen LogP contribution in [0.2, 0.25) is 0 Å². The van der Waals surface area contributed by atoms with Gasteiger partial charge >= 0.3 is 0 Å². The number of para-hydroxylation sites is 1. The molecule has 0 unspecified atom stereocenters. The molecular formula is C16H17NO2. The monoisotopic (exact) mass is 255 g/mol. The van der Waals surface area contributed by atoms with E-state index in [0.29, 0.717) is 0 Å². The number of hydrogen-bond acceptors (Lipinski definition) is 2. The summed E-state index contributed by atoms with van der Waals surface area (Å²) in [6, 6.07) is 18.3. The Kier molecular flexibility index (Phi) is 4.56. The molecule has 0 saturated heterocycles. The molecule has 0 radical (unpaired) electrons. The van der Waals surface area contributed by atoms with Crippen LogP contribution in [0.3, 0.4) is 0 Å². The van der Waals surface area contributed by atoms with Gasteiger partial charge < -0.3 is 10.5 Å². The van der Waals surface area contributed by atoms with E-state index in [-0.39, 0.29) is 6.41 Å². The number of ether oxygens (including phenoxy) is 1. The Hall–Kier alpha value is -2.29. The van der Waals surface area contributed by atoms with Gasteiger partial charge in [-0.2, -0.15) is 0 Å². The van der Waals surface area contributed by atoms with Crippen LogP contribution in [0, 0.1) is 0 Å². The van der Waals surface area contributed by atoms with Crippen molar-refractivity contribution in [3.8, 4) is 11.5 Å². The van der Waals surface area contributed by atoms with Crippen molar-refractivity contribution in [2.24, 2.45) is 5.73 Å². The zero-order valence-electron chi connectivity index (χ0n) is 10.7. The Morgan fingerprint density at radius 3 is 2.00 bits per heavy atom. The molecule has 2 aromatic carbocycles. The number of carbonyl (C=O) groups is 1. The van der Waals surface area contributed by atoms with Crippen LogP contribution in [0.25, 0.3) is 0 Å². The highest BCUT2D eigenvalue weighted by Gasteiger charge is 2.22. The molecule has 2 N–H and O–H groups in total. The molecule has 0 aliphatic heterocycles. The molecule has 1 aliphatic carbocycles. The van der Waals surface area contributed by atoms with Crippen molar-refractivity contribution in [1.82, 2.24) is 0 Å². The molecule has 2 aromatic rings. The second kappa shape index (κ2) is 6.59. The van der Waals surface area contributed by atoms with Gasteiger partial charge in [-0.3, -0.25) is 4.79 Å². The van der Waals surface area contributed by atoms with Gasteiger partial charge in [0.25, 0.3) is 0 Å². The van der Waals surface area contributed by atoms with Gasteiger partial charge in [0.15, 0.2) is 0 Å². The van der Waals surface area contributed by atoms with Gasteiger partial charge in [0.05, 0.1) is 0 Å². The predicted molar refractivity (Wildman–Crippen MR) is 75.2 cm³/mol. The van der Waals surface area contributed by atoms with E-state index in [4.69, 9.17) is 9.53 Å². The Bertz CT molecular complexity index is 504. The maximum atomic E-state index is 8.58. The Morgan fingerprint density at radius 2 is 1.47 bits per heavy atom. The van der Waals surface area contributed by atoms with Gasteiger partial charge in [-0.05, 0) is 48.6 Å². The summed E-state index contributed by atoms with van der Waals surface area (Å²) < 4.78 is 5.73. The molecule has 0 heterocycles. The first kappa shape index (κ1) is 13.1. The van der Waals surface area contributed by atoms with Crippen LogP contribution in [0.15, 0.2) is 54.6 Å². The summed E-state index contributed by atoms with van der Waals surface area (Å²) in [4.78, 5) is 8.58. The Labute approximate surface area is 113 Å². The highest BCUT2D eigenvalue weighted by molar-refractivity contribution is 5.42. The normalized spacial score (nSPS) is 13.1. The standard InChI is InChI=1S/C15H14O.CH3NO/c1-2-4-14(5-3-1)16-15-10-8-13(9-11-15)12-6-7-12;2-1-3/h1-5,8-12H,6-7H2;1H,(H2,2,3). The Balaban J connectivity index is 0.000000408. The second-order valence-corrected chi connectivity index (χ2v) is 4.39. The molecule has 98 valence electrons. The molecule has 0 atom stereocenters.